The van der Waals surface area contributed by atoms with Crippen LogP contribution in [0.2, 0.25) is 0 Å². The molecule has 2 heterocycles. The van der Waals surface area contributed by atoms with E-state index in [1.54, 1.807) is 0 Å². The van der Waals surface area contributed by atoms with Crippen molar-refractivity contribution in [1.82, 2.24) is 9.97 Å². The number of halogens is 5. The molecule has 0 spiro atoms. The normalized spacial score (nSPS) is 17.1. The average molecular weight is 277 g/mol. The Morgan fingerprint density at radius 2 is 1.81 bits per heavy atom. The van der Waals surface area contributed by atoms with Gasteiger partial charge in [0.1, 0.15) is 4.90 Å². The second-order valence-corrected chi connectivity index (χ2v) is 6.49. The molecule has 0 fully saturated rings. The van der Waals surface area contributed by atoms with Crippen molar-refractivity contribution in [2.24, 2.45) is 0 Å². The third kappa shape index (κ3) is 2.02. The van der Waals surface area contributed by atoms with Gasteiger partial charge in [-0.15, -0.1) is 0 Å². The van der Waals surface area contributed by atoms with E-state index in [1.165, 1.54) is 0 Å². The summed E-state index contributed by atoms with van der Waals surface area (Å²) in [5, 5.41) is -0.0261. The number of rotatable bonds is 1. The number of thiazole rings is 1. The molecule has 0 bridgehead atoms. The molecule has 2 aromatic rings. The maximum absolute atomic E-state index is 12.4. The molecule has 0 aromatic carbocycles. The van der Waals surface area contributed by atoms with E-state index in [2.05, 4.69) is 9.97 Å². The van der Waals surface area contributed by atoms with Crippen LogP contribution in [-0.2, 0) is 0 Å². The van der Waals surface area contributed by atoms with Crippen LogP contribution in [0, 0.1) is 0 Å². The fourth-order valence-electron chi connectivity index (χ4n) is 1.03. The number of nitrogen functional groups attached to an aromatic ring is 1. The molecular formula is C6H4F5N3S2. The molecule has 0 saturated carbocycles. The molecule has 0 unspecified atom stereocenters. The highest BCUT2D eigenvalue weighted by atomic mass is 32.5. The SMILES string of the molecule is Nc1nc2ncc(S(F)(F)(F)(F)F)cc2s1. The molecule has 2 N–H and O–H groups in total. The highest BCUT2D eigenvalue weighted by Crippen LogP contribution is 3.02. The summed E-state index contributed by atoms with van der Waals surface area (Å²) in [4.78, 5) is 4.74. The van der Waals surface area contributed by atoms with E-state index in [-0.39, 0.29) is 21.7 Å². The molecule has 0 aliphatic heterocycles. The Morgan fingerprint density at radius 1 is 1.19 bits per heavy atom. The van der Waals surface area contributed by atoms with Crippen LogP contribution in [-0.4, -0.2) is 9.97 Å². The Morgan fingerprint density at radius 3 is 2.38 bits per heavy atom. The van der Waals surface area contributed by atoms with E-state index in [0.717, 1.165) is 0 Å². The number of fused-ring (bicyclic) bond motifs is 1. The predicted octanol–water partition coefficient (Wildman–Crippen LogP) is 3.93. The molecule has 0 saturated heterocycles. The van der Waals surface area contributed by atoms with Gasteiger partial charge < -0.3 is 5.73 Å². The summed E-state index contributed by atoms with van der Waals surface area (Å²) in [6.45, 7) is 0. The molecular weight excluding hydrogens is 273 g/mol. The highest BCUT2D eigenvalue weighted by Gasteiger charge is 2.65. The smallest absolute Gasteiger partial charge is 0.311 e. The predicted molar refractivity (Wildman–Crippen MR) is 53.2 cm³/mol. The zero-order valence-corrected chi connectivity index (χ0v) is 8.97. The van der Waals surface area contributed by atoms with E-state index in [1.807, 2.05) is 0 Å². The minimum absolute atomic E-state index is 0.0261. The monoisotopic (exact) mass is 277 g/mol. The molecule has 10 heteroatoms. The van der Waals surface area contributed by atoms with E-state index in [4.69, 9.17) is 5.73 Å². The van der Waals surface area contributed by atoms with Gasteiger partial charge in [0.25, 0.3) is 0 Å². The first kappa shape index (κ1) is 11.3. The van der Waals surface area contributed by atoms with Gasteiger partial charge in [0.05, 0.1) is 10.9 Å². The van der Waals surface area contributed by atoms with Gasteiger partial charge in [-0.1, -0.05) is 30.8 Å². The number of nitrogens with two attached hydrogens (primary N) is 1. The molecule has 0 aliphatic rings. The Bertz CT molecular complexity index is 574. The molecule has 0 atom stereocenters. The standard InChI is InChI=1S/C6H4F5N3S2/c7-16(8,9,10,11)3-1-4-5(13-2-3)14-6(12)15-4/h1-2H,(H2,12,13,14). The summed E-state index contributed by atoms with van der Waals surface area (Å²) in [5.41, 5.74) is 5.15. The van der Waals surface area contributed by atoms with Crippen LogP contribution in [0.25, 0.3) is 10.3 Å². The third-order valence-corrected chi connectivity index (χ3v) is 3.62. The number of hydrogen-bond acceptors (Lipinski definition) is 4. The van der Waals surface area contributed by atoms with Crippen molar-refractivity contribution in [3.63, 3.8) is 0 Å². The second kappa shape index (κ2) is 2.40. The molecule has 90 valence electrons. The maximum atomic E-state index is 12.4. The number of anilines is 1. The molecule has 0 aliphatic carbocycles. The Kier molecular flexibility index (Phi) is 1.70. The summed E-state index contributed by atoms with van der Waals surface area (Å²) in [5.74, 6) is 0. The van der Waals surface area contributed by atoms with Crippen molar-refractivity contribution in [3.8, 4) is 0 Å². The Labute approximate surface area is 89.8 Å². The van der Waals surface area contributed by atoms with E-state index in [0.29, 0.717) is 17.4 Å². The summed E-state index contributed by atoms with van der Waals surface area (Å²) >= 11 is 0.670. The number of pyridine rings is 1. The summed E-state index contributed by atoms with van der Waals surface area (Å²) in [6.07, 6.45) is 0.0725. The summed E-state index contributed by atoms with van der Waals surface area (Å²) in [7, 11) is -9.67. The molecule has 0 amide bonds. The van der Waals surface area contributed by atoms with Crippen LogP contribution in [0.4, 0.5) is 24.6 Å². The first-order valence-corrected chi connectivity index (χ1v) is 6.49. The minimum atomic E-state index is -9.67. The first-order valence-electron chi connectivity index (χ1n) is 3.72. The van der Waals surface area contributed by atoms with Crippen molar-refractivity contribution in [2.45, 2.75) is 4.90 Å². The molecule has 3 nitrogen and oxygen atoms in total. The quantitative estimate of drug-likeness (QED) is 0.803. The van der Waals surface area contributed by atoms with Crippen molar-refractivity contribution < 1.29 is 19.4 Å². The average Bonchev–Trinajstić information content (AvgIpc) is 2.38. The fraction of sp³-hybridized carbons (Fsp3) is 0. The van der Waals surface area contributed by atoms with Gasteiger partial charge in [-0.25, -0.2) is 9.97 Å². The van der Waals surface area contributed by atoms with Crippen molar-refractivity contribution in [2.75, 3.05) is 5.73 Å². The lowest BCUT2D eigenvalue weighted by molar-refractivity contribution is 0.363. The van der Waals surface area contributed by atoms with Gasteiger partial charge in [0.2, 0.25) is 0 Å². The lowest BCUT2D eigenvalue weighted by Crippen LogP contribution is -2.06. The van der Waals surface area contributed by atoms with Crippen LogP contribution >= 0.6 is 21.6 Å². The number of nitrogens with zero attached hydrogens (tertiary/aromatic N) is 2. The minimum Gasteiger partial charge on any atom is -0.375 e. The third-order valence-electron chi connectivity index (χ3n) is 1.68. The van der Waals surface area contributed by atoms with Gasteiger partial charge in [0, 0.05) is 0 Å². The fourth-order valence-corrected chi connectivity index (χ4v) is 2.43. The van der Waals surface area contributed by atoms with Crippen molar-refractivity contribution in [1.29, 1.82) is 0 Å². The molecule has 2 rings (SSSR count). The highest BCUT2D eigenvalue weighted by molar-refractivity contribution is 8.45. The zero-order valence-electron chi connectivity index (χ0n) is 7.33. The summed E-state index contributed by atoms with van der Waals surface area (Å²) < 4.78 is 61.9. The first-order chi connectivity index (χ1) is 6.95. The van der Waals surface area contributed by atoms with Crippen LogP contribution in [0.1, 0.15) is 0 Å². The second-order valence-electron chi connectivity index (χ2n) is 3.01. The molecule has 0 radical (unpaired) electrons. The van der Waals surface area contributed by atoms with Crippen LogP contribution in [0.15, 0.2) is 17.2 Å². The number of aromatic nitrogens is 2. The Hall–Kier alpha value is -1.16. The summed E-state index contributed by atoms with van der Waals surface area (Å²) in [6, 6.07) is 0.317. The van der Waals surface area contributed by atoms with Crippen molar-refractivity contribution in [3.05, 3.63) is 12.3 Å². The van der Waals surface area contributed by atoms with E-state index < -0.39 is 15.1 Å². The van der Waals surface area contributed by atoms with Crippen LogP contribution < -0.4 is 5.73 Å². The van der Waals surface area contributed by atoms with Gasteiger partial charge in [0.15, 0.2) is 10.8 Å². The van der Waals surface area contributed by atoms with E-state index >= 15 is 0 Å². The van der Waals surface area contributed by atoms with Crippen LogP contribution in [0.3, 0.4) is 0 Å². The van der Waals surface area contributed by atoms with Gasteiger partial charge in [-0.3, -0.25) is 0 Å². The lowest BCUT2D eigenvalue weighted by Gasteiger charge is -2.40. The Balaban J connectivity index is 2.74. The van der Waals surface area contributed by atoms with Gasteiger partial charge in [-0.05, 0) is 6.07 Å². The zero-order chi connectivity index (χ0) is 12.3. The van der Waals surface area contributed by atoms with Gasteiger partial charge >= 0.3 is 10.2 Å². The largest absolute Gasteiger partial charge is 0.375 e. The topological polar surface area (TPSA) is 51.8 Å². The maximum Gasteiger partial charge on any atom is 0.311 e. The number of hydrogen-bond donors (Lipinski definition) is 1. The lowest BCUT2D eigenvalue weighted by atomic mass is 10.5. The van der Waals surface area contributed by atoms with Crippen molar-refractivity contribution >= 4 is 37.0 Å². The van der Waals surface area contributed by atoms with Crippen LogP contribution in [0.5, 0.6) is 0 Å². The van der Waals surface area contributed by atoms with Gasteiger partial charge in [-0.2, -0.15) is 0 Å². The molecule has 2 aromatic heterocycles. The van der Waals surface area contributed by atoms with E-state index in [9.17, 15) is 19.4 Å². The molecule has 16 heavy (non-hydrogen) atoms.